The van der Waals surface area contributed by atoms with Gasteiger partial charge in [0, 0.05) is 29.6 Å². The fourth-order valence-corrected chi connectivity index (χ4v) is 3.59. The molecule has 138 valence electrons. The first-order valence-electron chi connectivity index (χ1n) is 8.63. The minimum Gasteiger partial charge on any atom is -0.494 e. The van der Waals surface area contributed by atoms with Crippen molar-refractivity contribution in [2.45, 2.75) is 32.4 Å². The predicted octanol–water partition coefficient (Wildman–Crippen LogP) is 3.00. The highest BCUT2D eigenvalue weighted by atomic mass is 32.1. The summed E-state index contributed by atoms with van der Waals surface area (Å²) < 4.78 is 5.45. The minimum atomic E-state index is -0.390. The summed E-state index contributed by atoms with van der Waals surface area (Å²) in [4.78, 5) is 27.1. The molecule has 0 spiro atoms. The van der Waals surface area contributed by atoms with E-state index in [0.717, 1.165) is 22.7 Å². The number of amides is 2. The van der Waals surface area contributed by atoms with Gasteiger partial charge in [0.1, 0.15) is 11.8 Å². The zero-order valence-corrected chi connectivity index (χ0v) is 15.8. The molecule has 2 N–H and O–H groups in total. The molecule has 0 unspecified atom stereocenters. The molecule has 0 bridgehead atoms. The predicted molar refractivity (Wildman–Crippen MR) is 104 cm³/mol. The van der Waals surface area contributed by atoms with Crippen molar-refractivity contribution in [3.8, 4) is 5.75 Å². The lowest BCUT2D eigenvalue weighted by atomic mass is 10.2. The first kappa shape index (κ1) is 18.3. The third-order valence-electron chi connectivity index (χ3n) is 4.34. The van der Waals surface area contributed by atoms with Gasteiger partial charge in [0.05, 0.1) is 19.3 Å². The van der Waals surface area contributed by atoms with Gasteiger partial charge in [-0.05, 0) is 36.9 Å². The first-order chi connectivity index (χ1) is 12.6. The van der Waals surface area contributed by atoms with E-state index in [2.05, 4.69) is 10.6 Å². The van der Waals surface area contributed by atoms with E-state index in [1.54, 1.807) is 23.3 Å². The van der Waals surface area contributed by atoms with Crippen LogP contribution in [0, 0.1) is 0 Å². The number of rotatable bonds is 7. The Hall–Kier alpha value is -2.54. The molecule has 1 atom stereocenters. The number of methoxy groups -OCH3 is 1. The Balaban J connectivity index is 1.63. The Labute approximate surface area is 157 Å². The van der Waals surface area contributed by atoms with Gasteiger partial charge in [0.15, 0.2) is 0 Å². The van der Waals surface area contributed by atoms with Crippen LogP contribution in [0.2, 0.25) is 0 Å². The summed E-state index contributed by atoms with van der Waals surface area (Å²) in [7, 11) is 1.58. The lowest BCUT2D eigenvalue weighted by molar-refractivity contribution is -0.121. The Morgan fingerprint density at radius 2 is 2.23 bits per heavy atom. The molecule has 1 aromatic heterocycles. The number of thiophene rings is 1. The number of benzene rings is 1. The van der Waals surface area contributed by atoms with E-state index in [-0.39, 0.29) is 17.9 Å². The maximum atomic E-state index is 12.3. The third-order valence-corrected chi connectivity index (χ3v) is 5.21. The van der Waals surface area contributed by atoms with Gasteiger partial charge in [-0.15, -0.1) is 11.3 Å². The number of carbonyl (C=O) groups excluding carboxylic acids is 2. The number of ether oxygens (including phenoxy) is 1. The molecule has 0 aliphatic carbocycles. The van der Waals surface area contributed by atoms with Crippen LogP contribution in [0.5, 0.6) is 5.75 Å². The van der Waals surface area contributed by atoms with Crippen molar-refractivity contribution in [3.63, 3.8) is 0 Å². The number of anilines is 2. The van der Waals surface area contributed by atoms with Crippen LogP contribution in [-0.2, 0) is 16.1 Å². The fraction of sp³-hybridized carbons (Fsp3) is 0.368. The van der Waals surface area contributed by atoms with E-state index in [4.69, 9.17) is 4.74 Å². The Morgan fingerprint density at radius 1 is 1.38 bits per heavy atom. The van der Waals surface area contributed by atoms with Crippen molar-refractivity contribution in [3.05, 3.63) is 40.6 Å². The second-order valence-electron chi connectivity index (χ2n) is 6.20. The van der Waals surface area contributed by atoms with Crippen molar-refractivity contribution >= 4 is 34.5 Å². The van der Waals surface area contributed by atoms with Crippen LogP contribution < -0.4 is 20.3 Å². The van der Waals surface area contributed by atoms with Gasteiger partial charge in [-0.2, -0.15) is 0 Å². The Bertz CT molecular complexity index is 776. The largest absolute Gasteiger partial charge is 0.494 e. The van der Waals surface area contributed by atoms with Gasteiger partial charge >= 0.3 is 0 Å². The highest BCUT2D eigenvalue weighted by Crippen LogP contribution is 2.34. The van der Waals surface area contributed by atoms with E-state index in [9.17, 15) is 9.59 Å². The zero-order chi connectivity index (χ0) is 18.5. The molecule has 6 nitrogen and oxygen atoms in total. The standard InChI is InChI=1S/C19H23N3O3S/c1-13(19(24)20-12-15-5-4-10-26-15)21-14-7-8-16(17(11-14)25-2)22-9-3-6-18(22)23/h4-5,7-8,10-11,13,21H,3,6,9,12H2,1-2H3,(H,20,24)/t13-/m1/s1. The summed E-state index contributed by atoms with van der Waals surface area (Å²) in [5, 5.41) is 8.09. The average molecular weight is 373 g/mol. The molecule has 2 aromatic rings. The summed E-state index contributed by atoms with van der Waals surface area (Å²) in [6, 6.07) is 9.12. The fourth-order valence-electron chi connectivity index (χ4n) is 2.95. The van der Waals surface area contributed by atoms with Gasteiger partial charge < -0.3 is 20.3 Å². The molecule has 1 aliphatic rings. The molecule has 0 saturated carbocycles. The minimum absolute atomic E-state index is 0.0730. The highest BCUT2D eigenvalue weighted by Gasteiger charge is 2.24. The molecule has 1 aromatic carbocycles. The molecule has 2 heterocycles. The van der Waals surface area contributed by atoms with Crippen LogP contribution in [0.3, 0.4) is 0 Å². The van der Waals surface area contributed by atoms with Crippen molar-refractivity contribution < 1.29 is 14.3 Å². The van der Waals surface area contributed by atoms with E-state index >= 15 is 0 Å². The van der Waals surface area contributed by atoms with Crippen LogP contribution in [0.1, 0.15) is 24.6 Å². The molecule has 1 saturated heterocycles. The molecule has 7 heteroatoms. The maximum Gasteiger partial charge on any atom is 0.242 e. The van der Waals surface area contributed by atoms with Crippen LogP contribution in [0.25, 0.3) is 0 Å². The lowest BCUT2D eigenvalue weighted by Crippen LogP contribution is -2.37. The molecule has 1 fully saturated rings. The van der Waals surface area contributed by atoms with Crippen LogP contribution in [-0.4, -0.2) is 31.5 Å². The van der Waals surface area contributed by atoms with Gasteiger partial charge in [-0.25, -0.2) is 0 Å². The van der Waals surface area contributed by atoms with Gasteiger partial charge in [-0.1, -0.05) is 6.07 Å². The highest BCUT2D eigenvalue weighted by molar-refractivity contribution is 7.09. The van der Waals surface area contributed by atoms with Crippen LogP contribution >= 0.6 is 11.3 Å². The molecular formula is C19H23N3O3S. The number of nitrogens with one attached hydrogen (secondary N) is 2. The van der Waals surface area contributed by atoms with Crippen molar-refractivity contribution in [2.24, 2.45) is 0 Å². The van der Waals surface area contributed by atoms with E-state index < -0.39 is 0 Å². The van der Waals surface area contributed by atoms with Gasteiger partial charge in [0.2, 0.25) is 11.8 Å². The quantitative estimate of drug-likeness (QED) is 0.783. The van der Waals surface area contributed by atoms with Crippen molar-refractivity contribution in [1.29, 1.82) is 0 Å². The van der Waals surface area contributed by atoms with Gasteiger partial charge in [0.25, 0.3) is 0 Å². The lowest BCUT2D eigenvalue weighted by Gasteiger charge is -2.21. The van der Waals surface area contributed by atoms with E-state index in [1.807, 2.05) is 42.6 Å². The number of nitrogens with zero attached hydrogens (tertiary/aromatic N) is 1. The molecule has 0 radical (unpaired) electrons. The summed E-state index contributed by atoms with van der Waals surface area (Å²) in [6.45, 7) is 3.06. The Kier molecular flexibility index (Phi) is 5.78. The van der Waals surface area contributed by atoms with Crippen LogP contribution in [0.15, 0.2) is 35.7 Å². The summed E-state index contributed by atoms with van der Waals surface area (Å²) in [5.74, 6) is 0.665. The smallest absolute Gasteiger partial charge is 0.242 e. The normalized spacial score (nSPS) is 15.0. The summed E-state index contributed by atoms with van der Waals surface area (Å²) in [5.41, 5.74) is 1.55. The first-order valence-corrected chi connectivity index (χ1v) is 9.51. The summed E-state index contributed by atoms with van der Waals surface area (Å²) >= 11 is 1.62. The van der Waals surface area contributed by atoms with E-state index in [1.165, 1.54) is 0 Å². The molecule has 2 amide bonds. The van der Waals surface area contributed by atoms with Gasteiger partial charge in [-0.3, -0.25) is 9.59 Å². The van der Waals surface area contributed by atoms with E-state index in [0.29, 0.717) is 25.3 Å². The molecule has 1 aliphatic heterocycles. The van der Waals surface area contributed by atoms with Crippen molar-refractivity contribution in [2.75, 3.05) is 23.9 Å². The topological polar surface area (TPSA) is 70.7 Å². The Morgan fingerprint density at radius 3 is 2.88 bits per heavy atom. The maximum absolute atomic E-state index is 12.3. The second kappa shape index (κ2) is 8.23. The van der Waals surface area contributed by atoms with Crippen LogP contribution in [0.4, 0.5) is 11.4 Å². The molecule has 26 heavy (non-hydrogen) atoms. The number of hydrogen-bond acceptors (Lipinski definition) is 5. The molecular weight excluding hydrogens is 350 g/mol. The SMILES string of the molecule is COc1cc(N[C@H](C)C(=O)NCc2cccs2)ccc1N1CCCC1=O. The average Bonchev–Trinajstić information content (AvgIpc) is 3.31. The molecule has 3 rings (SSSR count). The van der Waals surface area contributed by atoms with Crippen molar-refractivity contribution in [1.82, 2.24) is 5.32 Å². The third kappa shape index (κ3) is 4.16. The number of carbonyl (C=O) groups is 2. The zero-order valence-electron chi connectivity index (χ0n) is 15.0. The number of hydrogen-bond donors (Lipinski definition) is 2. The monoisotopic (exact) mass is 373 g/mol. The summed E-state index contributed by atoms with van der Waals surface area (Å²) in [6.07, 6.45) is 1.44. The second-order valence-corrected chi connectivity index (χ2v) is 7.23.